The Labute approximate surface area is 133 Å². The predicted octanol–water partition coefficient (Wildman–Crippen LogP) is 1.88. The zero-order chi connectivity index (χ0) is 16.8. The summed E-state index contributed by atoms with van der Waals surface area (Å²) in [5, 5.41) is 17.7. The van der Waals surface area contributed by atoms with E-state index in [1.165, 1.54) is 10.5 Å². The maximum Gasteiger partial charge on any atom is 0.317 e. The summed E-state index contributed by atoms with van der Waals surface area (Å²) in [7, 11) is 0. The molecule has 1 aromatic heterocycles. The van der Waals surface area contributed by atoms with E-state index in [-0.39, 0.29) is 19.6 Å². The Bertz CT molecular complexity index is 680. The Morgan fingerprint density at radius 1 is 1.22 bits per heavy atom. The number of rotatable bonds is 9. The minimum Gasteiger partial charge on any atom is -0.480 e. The number of unbranched alkanes of at least 4 members (excludes halogenated alkanes) is 1. The summed E-state index contributed by atoms with van der Waals surface area (Å²) in [6.07, 6.45) is 3.26. The minimum absolute atomic E-state index is 0.150. The summed E-state index contributed by atoms with van der Waals surface area (Å²) in [5.41, 5.74) is 2.91. The van der Waals surface area contributed by atoms with Gasteiger partial charge in [-0.15, -0.1) is 0 Å². The van der Waals surface area contributed by atoms with Crippen LogP contribution < -0.4 is 0 Å². The maximum absolute atomic E-state index is 10.8. The summed E-state index contributed by atoms with van der Waals surface area (Å²) in [4.78, 5) is 30.5. The number of fused-ring (bicyclic) bond motifs is 1. The van der Waals surface area contributed by atoms with Crippen molar-refractivity contribution in [3.05, 3.63) is 29.6 Å². The fourth-order valence-corrected chi connectivity index (χ4v) is 2.48. The third kappa shape index (κ3) is 5.07. The van der Waals surface area contributed by atoms with Crippen LogP contribution in [0.1, 0.15) is 31.2 Å². The number of imidazole rings is 1. The number of hydrogen-bond acceptors (Lipinski definition) is 4. The summed E-state index contributed by atoms with van der Waals surface area (Å²) in [6, 6.07) is 6.01. The lowest BCUT2D eigenvalue weighted by Gasteiger charge is -2.15. The van der Waals surface area contributed by atoms with Gasteiger partial charge in [-0.05, 0) is 30.5 Å². The lowest BCUT2D eigenvalue weighted by Crippen LogP contribution is -2.34. The number of benzene rings is 1. The molecule has 0 radical (unpaired) electrons. The van der Waals surface area contributed by atoms with Gasteiger partial charge in [0.25, 0.3) is 0 Å². The molecule has 0 aliphatic heterocycles. The van der Waals surface area contributed by atoms with E-state index in [2.05, 4.69) is 16.9 Å². The molecule has 2 aromatic rings. The van der Waals surface area contributed by atoms with Crippen LogP contribution in [0.15, 0.2) is 18.2 Å². The van der Waals surface area contributed by atoms with Gasteiger partial charge >= 0.3 is 11.9 Å². The molecule has 0 saturated carbocycles. The van der Waals surface area contributed by atoms with E-state index in [9.17, 15) is 9.59 Å². The summed E-state index contributed by atoms with van der Waals surface area (Å²) in [6.45, 7) is 1.61. The lowest BCUT2D eigenvalue weighted by molar-refractivity contribution is -0.142. The predicted molar refractivity (Wildman–Crippen MR) is 85.3 cm³/mol. The largest absolute Gasteiger partial charge is 0.480 e. The number of carbonyl (C=O) groups is 2. The highest BCUT2D eigenvalue weighted by Crippen LogP contribution is 2.16. The average molecular weight is 319 g/mol. The van der Waals surface area contributed by atoms with E-state index in [1.807, 2.05) is 18.2 Å². The van der Waals surface area contributed by atoms with Crippen molar-refractivity contribution in [3.8, 4) is 0 Å². The second-order valence-corrected chi connectivity index (χ2v) is 5.57. The first-order valence-corrected chi connectivity index (χ1v) is 7.61. The molecule has 0 aliphatic rings. The highest BCUT2D eigenvalue weighted by Gasteiger charge is 2.16. The zero-order valence-electron chi connectivity index (χ0n) is 13.1. The number of H-pyrrole nitrogens is 1. The number of carboxylic acid groups (broad SMARTS) is 2. The molecule has 3 N–H and O–H groups in total. The fourth-order valence-electron chi connectivity index (χ4n) is 2.48. The van der Waals surface area contributed by atoms with E-state index in [0.29, 0.717) is 5.82 Å². The minimum atomic E-state index is -1.07. The van der Waals surface area contributed by atoms with Gasteiger partial charge in [0.15, 0.2) is 0 Å². The Morgan fingerprint density at radius 3 is 2.52 bits per heavy atom. The van der Waals surface area contributed by atoms with Gasteiger partial charge in [0.1, 0.15) is 5.82 Å². The van der Waals surface area contributed by atoms with Gasteiger partial charge in [-0.3, -0.25) is 14.5 Å². The van der Waals surface area contributed by atoms with Crippen molar-refractivity contribution in [1.82, 2.24) is 14.9 Å². The highest BCUT2D eigenvalue weighted by molar-refractivity contribution is 5.76. The first kappa shape index (κ1) is 17.0. The van der Waals surface area contributed by atoms with Crippen molar-refractivity contribution in [1.29, 1.82) is 0 Å². The summed E-state index contributed by atoms with van der Waals surface area (Å²) >= 11 is 0. The van der Waals surface area contributed by atoms with E-state index in [1.54, 1.807) is 0 Å². The zero-order valence-corrected chi connectivity index (χ0v) is 13.1. The van der Waals surface area contributed by atoms with Crippen molar-refractivity contribution < 1.29 is 19.8 Å². The van der Waals surface area contributed by atoms with Crippen molar-refractivity contribution in [2.24, 2.45) is 0 Å². The van der Waals surface area contributed by atoms with Gasteiger partial charge < -0.3 is 15.2 Å². The SMILES string of the molecule is CCCCc1ccc2nc(CN(CC(=O)O)CC(=O)O)[nH]c2c1. The van der Waals surface area contributed by atoms with Crippen LogP contribution in [0.25, 0.3) is 11.0 Å². The number of nitrogens with one attached hydrogen (secondary N) is 1. The van der Waals surface area contributed by atoms with Gasteiger partial charge in [0, 0.05) is 0 Å². The molecule has 1 heterocycles. The third-order valence-electron chi connectivity index (χ3n) is 3.51. The standard InChI is InChI=1S/C16H21N3O4/c1-2-3-4-11-5-6-12-13(7-11)18-14(17-12)8-19(9-15(20)21)10-16(22)23/h5-7H,2-4,8-10H2,1H3,(H,17,18)(H,20,21)(H,22,23). The molecule has 0 aliphatic carbocycles. The van der Waals surface area contributed by atoms with Crippen molar-refractivity contribution in [2.45, 2.75) is 32.7 Å². The first-order valence-electron chi connectivity index (χ1n) is 7.61. The van der Waals surface area contributed by atoms with Gasteiger partial charge in [-0.25, -0.2) is 4.98 Å². The Hall–Kier alpha value is -2.41. The first-order chi connectivity index (χ1) is 11.0. The molecule has 0 atom stereocenters. The maximum atomic E-state index is 10.8. The van der Waals surface area contributed by atoms with Crippen LogP contribution in [0.2, 0.25) is 0 Å². The molecular formula is C16H21N3O4. The number of carboxylic acids is 2. The van der Waals surface area contributed by atoms with Crippen LogP contribution >= 0.6 is 0 Å². The molecule has 124 valence electrons. The monoisotopic (exact) mass is 319 g/mol. The molecule has 0 spiro atoms. The van der Waals surface area contributed by atoms with E-state index >= 15 is 0 Å². The number of aliphatic carboxylic acids is 2. The molecular weight excluding hydrogens is 298 g/mol. The smallest absolute Gasteiger partial charge is 0.317 e. The van der Waals surface area contributed by atoms with Gasteiger partial charge in [-0.2, -0.15) is 0 Å². The van der Waals surface area contributed by atoms with Crippen LogP contribution in [0.3, 0.4) is 0 Å². The van der Waals surface area contributed by atoms with Crippen LogP contribution in [-0.4, -0.2) is 50.1 Å². The average Bonchev–Trinajstić information content (AvgIpc) is 2.84. The molecule has 7 heteroatoms. The lowest BCUT2D eigenvalue weighted by atomic mass is 10.1. The molecule has 0 saturated heterocycles. The third-order valence-corrected chi connectivity index (χ3v) is 3.51. The van der Waals surface area contributed by atoms with E-state index in [0.717, 1.165) is 30.3 Å². The fraction of sp³-hybridized carbons (Fsp3) is 0.438. The Morgan fingerprint density at radius 2 is 1.91 bits per heavy atom. The molecule has 0 amide bonds. The molecule has 7 nitrogen and oxygen atoms in total. The number of aromatic nitrogens is 2. The quantitative estimate of drug-likeness (QED) is 0.651. The van der Waals surface area contributed by atoms with Gasteiger partial charge in [0.05, 0.1) is 30.7 Å². The van der Waals surface area contributed by atoms with Gasteiger partial charge in [0.2, 0.25) is 0 Å². The highest BCUT2D eigenvalue weighted by atomic mass is 16.4. The molecule has 0 unspecified atom stereocenters. The van der Waals surface area contributed by atoms with Crippen LogP contribution in [-0.2, 0) is 22.6 Å². The summed E-state index contributed by atoms with van der Waals surface area (Å²) in [5.74, 6) is -1.57. The van der Waals surface area contributed by atoms with Crippen molar-refractivity contribution in [3.63, 3.8) is 0 Å². The molecule has 1 aromatic carbocycles. The molecule has 23 heavy (non-hydrogen) atoms. The van der Waals surface area contributed by atoms with Crippen molar-refractivity contribution >= 4 is 23.0 Å². The normalized spacial score (nSPS) is 11.2. The number of nitrogens with zero attached hydrogens (tertiary/aromatic N) is 2. The van der Waals surface area contributed by atoms with Crippen molar-refractivity contribution in [2.75, 3.05) is 13.1 Å². The Kier molecular flexibility index (Phi) is 5.70. The van der Waals surface area contributed by atoms with Crippen LogP contribution in [0.4, 0.5) is 0 Å². The number of hydrogen-bond donors (Lipinski definition) is 3. The second kappa shape index (κ2) is 7.73. The van der Waals surface area contributed by atoms with E-state index < -0.39 is 11.9 Å². The summed E-state index contributed by atoms with van der Waals surface area (Å²) < 4.78 is 0. The molecule has 0 fully saturated rings. The molecule has 2 rings (SSSR count). The van der Waals surface area contributed by atoms with E-state index in [4.69, 9.17) is 10.2 Å². The second-order valence-electron chi connectivity index (χ2n) is 5.57. The van der Waals surface area contributed by atoms with Gasteiger partial charge in [-0.1, -0.05) is 19.4 Å². The topological polar surface area (TPSA) is 107 Å². The van der Waals surface area contributed by atoms with Crippen LogP contribution in [0, 0.1) is 0 Å². The number of aromatic amines is 1. The van der Waals surface area contributed by atoms with Crippen LogP contribution in [0.5, 0.6) is 0 Å². The molecule has 0 bridgehead atoms. The Balaban J connectivity index is 2.14. The number of aryl methyl sites for hydroxylation is 1.